The van der Waals surface area contributed by atoms with E-state index in [1.54, 1.807) is 24.4 Å². The van der Waals surface area contributed by atoms with Gasteiger partial charge in [0.2, 0.25) is 17.7 Å². The largest absolute Gasteiger partial charge is 0.491 e. The molecule has 1 atom stereocenters. The van der Waals surface area contributed by atoms with Gasteiger partial charge in [-0.1, -0.05) is 23.7 Å². The van der Waals surface area contributed by atoms with Gasteiger partial charge in [0.05, 0.1) is 80.5 Å². The molecule has 7 rings (SSSR count). The number of imide groups is 2. The zero-order valence-electron chi connectivity index (χ0n) is 35.5. The fourth-order valence-electron chi connectivity index (χ4n) is 7.83. The molecule has 2 aromatic carbocycles. The molecule has 4 aromatic rings. The second-order valence-corrected chi connectivity index (χ2v) is 16.8. The summed E-state index contributed by atoms with van der Waals surface area (Å²) >= 11 is 7.44. The Morgan fingerprint density at radius 1 is 0.862 bits per heavy atom. The smallest absolute Gasteiger partial charge is 0.262 e. The maximum Gasteiger partial charge on any atom is 0.262 e. The first-order chi connectivity index (χ1) is 31.6. The van der Waals surface area contributed by atoms with Crippen molar-refractivity contribution >= 4 is 63.4 Å². The SMILES string of the molecule is O=C1CCC(N2C(=O)c3ccc(OCCOCCOCCOCCOCCNC(=O)C4(Cc5cccc(Nc6nccs6)n5)CCC(Oc5cccc(Cl)c5F)CC4)cc3C2=O)C(=O)N1. The number of ether oxygens (including phenoxy) is 6. The first kappa shape index (κ1) is 47.4. The van der Waals surface area contributed by atoms with Gasteiger partial charge in [-0.05, 0) is 74.6 Å². The molecule has 17 nitrogen and oxygen atoms in total. The molecule has 346 valence electrons. The highest BCUT2D eigenvalue weighted by Crippen LogP contribution is 2.41. The van der Waals surface area contributed by atoms with Gasteiger partial charge in [0.15, 0.2) is 16.7 Å². The number of carbonyl (C=O) groups excluding carboxylic acids is 5. The van der Waals surface area contributed by atoms with Crippen LogP contribution in [0.5, 0.6) is 11.5 Å². The maximum atomic E-state index is 14.6. The van der Waals surface area contributed by atoms with Gasteiger partial charge in [0, 0.05) is 36.7 Å². The van der Waals surface area contributed by atoms with E-state index in [0.717, 1.165) is 15.7 Å². The number of anilines is 2. The average molecular weight is 937 g/mol. The molecule has 5 amide bonds. The number of piperidine rings is 1. The minimum Gasteiger partial charge on any atom is -0.491 e. The lowest BCUT2D eigenvalue weighted by Crippen LogP contribution is -2.54. The summed E-state index contributed by atoms with van der Waals surface area (Å²) in [6.45, 7) is 3.09. The van der Waals surface area contributed by atoms with Crippen LogP contribution in [0, 0.1) is 11.2 Å². The number of hydrogen-bond acceptors (Lipinski definition) is 15. The van der Waals surface area contributed by atoms with Crippen molar-refractivity contribution in [1.82, 2.24) is 25.5 Å². The highest BCUT2D eigenvalue weighted by Gasteiger charge is 2.45. The highest BCUT2D eigenvalue weighted by molar-refractivity contribution is 7.13. The Hall–Kier alpha value is -5.57. The molecule has 0 radical (unpaired) electrons. The lowest BCUT2D eigenvalue weighted by atomic mass is 9.69. The number of carbonyl (C=O) groups is 5. The highest BCUT2D eigenvalue weighted by atomic mass is 35.5. The third-order valence-electron chi connectivity index (χ3n) is 11.1. The van der Waals surface area contributed by atoms with Gasteiger partial charge in [0.25, 0.3) is 11.8 Å². The van der Waals surface area contributed by atoms with Gasteiger partial charge in [-0.2, -0.15) is 0 Å². The zero-order chi connectivity index (χ0) is 45.6. The predicted molar refractivity (Wildman–Crippen MR) is 235 cm³/mol. The lowest BCUT2D eigenvalue weighted by Gasteiger charge is -2.39. The van der Waals surface area contributed by atoms with E-state index in [0.29, 0.717) is 96.5 Å². The summed E-state index contributed by atoms with van der Waals surface area (Å²) < 4.78 is 48.7. The number of fused-ring (bicyclic) bond motifs is 1. The van der Waals surface area contributed by atoms with Crippen molar-refractivity contribution < 1.29 is 56.8 Å². The van der Waals surface area contributed by atoms with E-state index in [2.05, 4.69) is 20.9 Å². The van der Waals surface area contributed by atoms with Gasteiger partial charge in [-0.3, -0.25) is 34.2 Å². The molecule has 2 aromatic heterocycles. The van der Waals surface area contributed by atoms with Crippen LogP contribution in [-0.4, -0.2) is 123 Å². The van der Waals surface area contributed by atoms with Gasteiger partial charge < -0.3 is 39.1 Å². The standard InChI is InChI=1S/C45H50ClFN6O11S/c46-34-4-2-5-36(39(34)47)64-30-11-13-45(14-12-30,28-29-3-1-6-37(50-29)51-44-49-16-26-65-44)43(58)48-15-17-59-18-19-60-20-21-61-22-23-62-24-25-63-31-7-8-32-33(27-31)42(57)53(41(32)56)35-9-10-38(54)52-40(35)55/h1-8,16,26-27,30,35H,9-15,17-25,28H2,(H,48,58)(H,49,50,51)(H,52,54,55). The quantitative estimate of drug-likeness (QED) is 0.0604. The van der Waals surface area contributed by atoms with Crippen LogP contribution >= 0.6 is 22.9 Å². The molecule has 3 N–H and O–H groups in total. The van der Waals surface area contributed by atoms with Crippen LogP contribution in [0.1, 0.15) is 64.9 Å². The third-order valence-corrected chi connectivity index (χ3v) is 12.1. The van der Waals surface area contributed by atoms with Crippen molar-refractivity contribution in [1.29, 1.82) is 0 Å². The Balaban J connectivity index is 0.745. The number of hydrogen-bond donors (Lipinski definition) is 3. The Kier molecular flexibility index (Phi) is 16.8. The number of halogens is 2. The molecule has 3 aliphatic rings. The molecular weight excluding hydrogens is 887 g/mol. The second-order valence-electron chi connectivity index (χ2n) is 15.5. The van der Waals surface area contributed by atoms with E-state index in [9.17, 15) is 28.4 Å². The van der Waals surface area contributed by atoms with E-state index in [4.69, 9.17) is 45.0 Å². The van der Waals surface area contributed by atoms with E-state index >= 15 is 0 Å². The number of nitrogens with one attached hydrogen (secondary N) is 3. The van der Waals surface area contributed by atoms with Crippen LogP contribution in [0.3, 0.4) is 0 Å². The summed E-state index contributed by atoms with van der Waals surface area (Å²) in [6.07, 6.45) is 4.08. The van der Waals surface area contributed by atoms with Crippen LogP contribution in [0.15, 0.2) is 66.2 Å². The molecule has 0 bridgehead atoms. The molecule has 1 aliphatic carbocycles. The number of pyridine rings is 1. The van der Waals surface area contributed by atoms with Crippen LogP contribution in [0.4, 0.5) is 15.3 Å². The van der Waals surface area contributed by atoms with Crippen molar-refractivity contribution in [2.45, 2.75) is 57.1 Å². The third kappa shape index (κ3) is 12.6. The van der Waals surface area contributed by atoms with Crippen LogP contribution in [-0.2, 0) is 39.8 Å². The normalized spacial score (nSPS) is 19.5. The molecule has 4 heterocycles. The number of rotatable bonds is 24. The first-order valence-corrected chi connectivity index (χ1v) is 22.7. The Morgan fingerprint density at radius 3 is 2.26 bits per heavy atom. The Labute approximate surface area is 383 Å². The summed E-state index contributed by atoms with van der Waals surface area (Å²) in [4.78, 5) is 73.5. The van der Waals surface area contributed by atoms with Crippen LogP contribution in [0.25, 0.3) is 0 Å². The predicted octanol–water partition coefficient (Wildman–Crippen LogP) is 5.29. The van der Waals surface area contributed by atoms with Gasteiger partial charge in [-0.25, -0.2) is 14.4 Å². The van der Waals surface area contributed by atoms with Crippen molar-refractivity contribution in [2.24, 2.45) is 5.41 Å². The van der Waals surface area contributed by atoms with Crippen LogP contribution < -0.4 is 25.4 Å². The van der Waals surface area contributed by atoms with Crippen molar-refractivity contribution in [3.8, 4) is 11.5 Å². The topological polar surface area (TPSA) is 206 Å². The number of nitrogens with zero attached hydrogens (tertiary/aromatic N) is 3. The molecule has 1 saturated carbocycles. The van der Waals surface area contributed by atoms with Gasteiger partial charge in [0.1, 0.15) is 24.2 Å². The fourth-order valence-corrected chi connectivity index (χ4v) is 8.54. The van der Waals surface area contributed by atoms with Crippen molar-refractivity contribution in [3.63, 3.8) is 0 Å². The maximum absolute atomic E-state index is 14.6. The molecule has 1 saturated heterocycles. The fraction of sp³-hybridized carbons (Fsp3) is 0.444. The zero-order valence-corrected chi connectivity index (χ0v) is 37.1. The number of benzene rings is 2. The first-order valence-electron chi connectivity index (χ1n) is 21.4. The van der Waals surface area contributed by atoms with Gasteiger partial charge >= 0.3 is 0 Å². The number of aromatic nitrogens is 2. The summed E-state index contributed by atoms with van der Waals surface area (Å²) in [5, 5.41) is 11.0. The molecule has 65 heavy (non-hydrogen) atoms. The lowest BCUT2D eigenvalue weighted by molar-refractivity contribution is -0.136. The molecule has 2 aliphatic heterocycles. The van der Waals surface area contributed by atoms with Crippen LogP contribution in [0.2, 0.25) is 5.02 Å². The van der Waals surface area contributed by atoms with Crippen molar-refractivity contribution in [3.05, 3.63) is 93.8 Å². The number of thiazole rings is 1. The van der Waals surface area contributed by atoms with Gasteiger partial charge in [-0.15, -0.1) is 11.3 Å². The Morgan fingerprint density at radius 2 is 1.55 bits per heavy atom. The molecule has 20 heteroatoms. The monoisotopic (exact) mass is 936 g/mol. The van der Waals surface area contributed by atoms with E-state index < -0.39 is 40.9 Å². The summed E-state index contributed by atoms with van der Waals surface area (Å²) in [5.41, 5.74) is 0.312. The number of amides is 5. The minimum atomic E-state index is -1.03. The molecule has 1 unspecified atom stereocenters. The second kappa shape index (κ2) is 23.1. The molecular formula is C45H50ClFN6O11S. The summed E-state index contributed by atoms with van der Waals surface area (Å²) in [7, 11) is 0. The van der Waals surface area contributed by atoms with E-state index in [-0.39, 0.29) is 60.0 Å². The summed E-state index contributed by atoms with van der Waals surface area (Å²) in [5.74, 6) is -1.87. The summed E-state index contributed by atoms with van der Waals surface area (Å²) in [6, 6.07) is 13.8. The minimum absolute atomic E-state index is 0.00563. The molecule has 0 spiro atoms. The van der Waals surface area contributed by atoms with E-state index in [1.807, 2.05) is 23.6 Å². The van der Waals surface area contributed by atoms with E-state index in [1.165, 1.54) is 29.5 Å². The average Bonchev–Trinajstić information content (AvgIpc) is 3.90. The molecule has 2 fully saturated rings. The Bertz CT molecular complexity index is 2300. The van der Waals surface area contributed by atoms with Crippen molar-refractivity contribution in [2.75, 3.05) is 71.3 Å².